The van der Waals surface area contributed by atoms with Crippen LogP contribution in [0.4, 0.5) is 5.69 Å². The van der Waals surface area contributed by atoms with Gasteiger partial charge in [-0.1, -0.05) is 29.8 Å². The second-order valence-electron chi connectivity index (χ2n) is 4.41. The molecule has 1 amide bonds. The van der Waals surface area contributed by atoms with Gasteiger partial charge < -0.3 is 5.32 Å². The van der Waals surface area contributed by atoms with Crippen molar-refractivity contribution < 1.29 is 4.79 Å². The lowest BCUT2D eigenvalue weighted by atomic mass is 10.2. The van der Waals surface area contributed by atoms with Crippen LogP contribution in [0.5, 0.6) is 0 Å². The van der Waals surface area contributed by atoms with Gasteiger partial charge in [-0.3, -0.25) is 4.79 Å². The van der Waals surface area contributed by atoms with E-state index < -0.39 is 0 Å². The van der Waals surface area contributed by atoms with Gasteiger partial charge in [0.25, 0.3) is 5.91 Å². The van der Waals surface area contributed by atoms with Gasteiger partial charge in [-0.15, -0.1) is 11.3 Å². The van der Waals surface area contributed by atoms with E-state index in [1.165, 1.54) is 11.3 Å². The van der Waals surface area contributed by atoms with Crippen molar-refractivity contribution in [3.63, 3.8) is 0 Å². The zero-order chi connectivity index (χ0) is 14.8. The van der Waals surface area contributed by atoms with Crippen LogP contribution in [0.1, 0.15) is 15.2 Å². The van der Waals surface area contributed by atoms with Gasteiger partial charge in [0.2, 0.25) is 0 Å². The highest BCUT2D eigenvalue weighted by atomic mass is 35.5. The summed E-state index contributed by atoms with van der Waals surface area (Å²) in [4.78, 5) is 12.9. The van der Waals surface area contributed by atoms with E-state index >= 15 is 0 Å². The predicted molar refractivity (Wildman–Crippen MR) is 85.9 cm³/mol. The maximum atomic E-state index is 12.3. The summed E-state index contributed by atoms with van der Waals surface area (Å²) < 4.78 is 1.06. The van der Waals surface area contributed by atoms with E-state index in [0.29, 0.717) is 21.2 Å². The Bertz CT molecular complexity index is 846. The number of nitrogens with one attached hydrogen (secondary N) is 1. The standard InChI is InChI=1S/C16H9ClN2OS/c17-12-6-5-10(9-18)7-13(12)19-16(20)15-8-11-3-1-2-4-14(11)21-15/h1-8H,(H,19,20). The molecule has 3 aromatic rings. The fraction of sp³-hybridized carbons (Fsp3) is 0. The average molecular weight is 313 g/mol. The van der Waals surface area contributed by atoms with E-state index in [4.69, 9.17) is 16.9 Å². The first-order valence-electron chi connectivity index (χ1n) is 6.17. The minimum absolute atomic E-state index is 0.229. The normalized spacial score (nSPS) is 10.3. The first kappa shape index (κ1) is 13.6. The van der Waals surface area contributed by atoms with E-state index in [1.54, 1.807) is 18.2 Å². The van der Waals surface area contributed by atoms with Crippen molar-refractivity contribution in [2.75, 3.05) is 5.32 Å². The maximum absolute atomic E-state index is 12.3. The fourth-order valence-electron chi connectivity index (χ4n) is 1.97. The fourth-order valence-corrected chi connectivity index (χ4v) is 3.09. The van der Waals surface area contributed by atoms with Crippen molar-refractivity contribution in [2.45, 2.75) is 0 Å². The molecule has 0 atom stereocenters. The summed E-state index contributed by atoms with van der Waals surface area (Å²) in [5, 5.41) is 13.1. The predicted octanol–water partition coefficient (Wildman–Crippen LogP) is 4.68. The first-order chi connectivity index (χ1) is 10.2. The molecule has 0 fully saturated rings. The molecule has 0 aliphatic carbocycles. The number of nitriles is 1. The number of rotatable bonds is 2. The Labute approximate surface area is 130 Å². The summed E-state index contributed by atoms with van der Waals surface area (Å²) in [7, 11) is 0. The molecule has 102 valence electrons. The highest BCUT2D eigenvalue weighted by Crippen LogP contribution is 2.28. The molecule has 0 aliphatic heterocycles. The largest absolute Gasteiger partial charge is 0.320 e. The van der Waals surface area contributed by atoms with Crippen LogP contribution >= 0.6 is 22.9 Å². The van der Waals surface area contributed by atoms with Crippen molar-refractivity contribution in [3.8, 4) is 6.07 Å². The molecule has 2 aromatic carbocycles. The topological polar surface area (TPSA) is 52.9 Å². The lowest BCUT2D eigenvalue weighted by Crippen LogP contribution is -2.10. The van der Waals surface area contributed by atoms with E-state index in [9.17, 15) is 4.79 Å². The van der Waals surface area contributed by atoms with E-state index in [-0.39, 0.29) is 5.91 Å². The highest BCUT2D eigenvalue weighted by Gasteiger charge is 2.12. The van der Waals surface area contributed by atoms with Crippen LogP contribution in [-0.4, -0.2) is 5.91 Å². The van der Waals surface area contributed by atoms with Gasteiger partial charge in [-0.25, -0.2) is 0 Å². The number of thiophene rings is 1. The van der Waals surface area contributed by atoms with Crippen LogP contribution in [0.3, 0.4) is 0 Å². The monoisotopic (exact) mass is 312 g/mol. The Morgan fingerprint density at radius 1 is 1.19 bits per heavy atom. The van der Waals surface area contributed by atoms with E-state index in [1.807, 2.05) is 36.4 Å². The van der Waals surface area contributed by atoms with Crippen molar-refractivity contribution in [3.05, 3.63) is 64.0 Å². The van der Waals surface area contributed by atoms with Gasteiger partial charge >= 0.3 is 0 Å². The summed E-state index contributed by atoms with van der Waals surface area (Å²) >= 11 is 7.46. The molecular weight excluding hydrogens is 304 g/mol. The molecule has 3 nitrogen and oxygen atoms in total. The third-order valence-electron chi connectivity index (χ3n) is 2.99. The second-order valence-corrected chi connectivity index (χ2v) is 5.90. The molecule has 0 aliphatic rings. The Hall–Kier alpha value is -2.35. The quantitative estimate of drug-likeness (QED) is 0.747. The Kier molecular flexibility index (Phi) is 3.61. The second kappa shape index (κ2) is 5.57. The summed E-state index contributed by atoms with van der Waals surface area (Å²) in [5.74, 6) is -0.229. The number of benzene rings is 2. The molecule has 0 radical (unpaired) electrons. The lowest BCUT2D eigenvalue weighted by Gasteiger charge is -2.06. The molecule has 1 N–H and O–H groups in total. The molecule has 21 heavy (non-hydrogen) atoms. The molecule has 0 saturated heterocycles. The molecule has 1 aromatic heterocycles. The third kappa shape index (κ3) is 2.75. The van der Waals surface area contributed by atoms with E-state index in [0.717, 1.165) is 10.1 Å². The van der Waals surface area contributed by atoms with Crippen molar-refractivity contribution in [2.24, 2.45) is 0 Å². The molecule has 0 saturated carbocycles. The van der Waals surface area contributed by atoms with Crippen LogP contribution < -0.4 is 5.32 Å². The number of amides is 1. The van der Waals surface area contributed by atoms with E-state index in [2.05, 4.69) is 5.32 Å². The van der Waals surface area contributed by atoms with Crippen molar-refractivity contribution in [1.29, 1.82) is 5.26 Å². The summed E-state index contributed by atoms with van der Waals surface area (Å²) in [6, 6.07) is 16.4. The summed E-state index contributed by atoms with van der Waals surface area (Å²) in [6.45, 7) is 0. The van der Waals surface area contributed by atoms with Crippen LogP contribution in [0, 0.1) is 11.3 Å². The van der Waals surface area contributed by atoms with Gasteiger partial charge in [-0.05, 0) is 35.7 Å². The minimum Gasteiger partial charge on any atom is -0.320 e. The molecule has 0 spiro atoms. The van der Waals surface area contributed by atoms with Crippen molar-refractivity contribution in [1.82, 2.24) is 0 Å². The smallest absolute Gasteiger partial charge is 0.265 e. The number of carbonyl (C=O) groups is 1. The summed E-state index contributed by atoms with van der Waals surface area (Å²) in [6.07, 6.45) is 0. The van der Waals surface area contributed by atoms with Crippen LogP contribution in [-0.2, 0) is 0 Å². The zero-order valence-corrected chi connectivity index (χ0v) is 12.3. The first-order valence-corrected chi connectivity index (χ1v) is 7.36. The van der Waals surface area contributed by atoms with Crippen molar-refractivity contribution >= 4 is 44.6 Å². The molecule has 0 unspecified atom stereocenters. The number of anilines is 1. The number of nitrogens with zero attached hydrogens (tertiary/aromatic N) is 1. The van der Waals surface area contributed by atoms with Crippen LogP contribution in [0.25, 0.3) is 10.1 Å². The number of carbonyl (C=O) groups excluding carboxylic acids is 1. The molecule has 1 heterocycles. The van der Waals surface area contributed by atoms with Crippen LogP contribution in [0.2, 0.25) is 5.02 Å². The number of hydrogen-bond donors (Lipinski definition) is 1. The average Bonchev–Trinajstić information content (AvgIpc) is 2.93. The SMILES string of the molecule is N#Cc1ccc(Cl)c(NC(=O)c2cc3ccccc3s2)c1. The van der Waals surface area contributed by atoms with Crippen LogP contribution in [0.15, 0.2) is 48.5 Å². The van der Waals surface area contributed by atoms with Gasteiger partial charge in [-0.2, -0.15) is 5.26 Å². The number of hydrogen-bond acceptors (Lipinski definition) is 3. The lowest BCUT2D eigenvalue weighted by molar-refractivity contribution is 0.103. The maximum Gasteiger partial charge on any atom is 0.265 e. The van der Waals surface area contributed by atoms with Gasteiger partial charge in [0.1, 0.15) is 0 Å². The Morgan fingerprint density at radius 2 is 2.00 bits per heavy atom. The molecule has 5 heteroatoms. The zero-order valence-electron chi connectivity index (χ0n) is 10.8. The number of fused-ring (bicyclic) bond motifs is 1. The van der Waals surface area contributed by atoms with Gasteiger partial charge in [0.15, 0.2) is 0 Å². The summed E-state index contributed by atoms with van der Waals surface area (Å²) in [5.41, 5.74) is 0.893. The molecule has 0 bridgehead atoms. The Morgan fingerprint density at radius 3 is 2.76 bits per heavy atom. The van der Waals surface area contributed by atoms with Gasteiger partial charge in [0, 0.05) is 4.70 Å². The molecule has 3 rings (SSSR count). The Balaban J connectivity index is 1.91. The third-order valence-corrected chi connectivity index (χ3v) is 4.44. The van der Waals surface area contributed by atoms with Gasteiger partial charge in [0.05, 0.1) is 27.2 Å². The number of halogens is 1. The highest BCUT2D eigenvalue weighted by molar-refractivity contribution is 7.20. The minimum atomic E-state index is -0.229. The molecular formula is C16H9ClN2OS.